The van der Waals surface area contributed by atoms with E-state index in [0.29, 0.717) is 60.2 Å². The van der Waals surface area contributed by atoms with Crippen molar-refractivity contribution in [2.24, 2.45) is 0 Å². The van der Waals surface area contributed by atoms with E-state index < -0.39 is 12.1 Å². The molecule has 62 heavy (non-hydrogen) atoms. The lowest BCUT2D eigenvalue weighted by atomic mass is 9.87. The number of ketones is 1. The lowest BCUT2D eigenvalue weighted by molar-refractivity contribution is -0.123. The normalized spacial score (nSPS) is 15.5. The maximum absolute atomic E-state index is 15.0. The van der Waals surface area contributed by atoms with Gasteiger partial charge in [-0.2, -0.15) is 0 Å². The molecule has 308 valence electrons. The van der Waals surface area contributed by atoms with Gasteiger partial charge in [-0.25, -0.2) is 0 Å². The number of carbonyl (C=O) groups excluding carboxylic acids is 3. The van der Waals surface area contributed by atoms with E-state index in [9.17, 15) is 14.4 Å². The first-order valence-electron chi connectivity index (χ1n) is 20.5. The monoisotopic (exact) mass is 858 g/mol. The van der Waals surface area contributed by atoms with Crippen LogP contribution in [0.4, 0.5) is 0 Å². The number of nitrogens with zero attached hydrogens (tertiary/aromatic N) is 2. The van der Waals surface area contributed by atoms with Crippen LogP contribution in [0.1, 0.15) is 66.2 Å². The maximum Gasteiger partial charge on any atom is 0.251 e. The molecule has 6 N–H and O–H groups in total. The van der Waals surface area contributed by atoms with Crippen LogP contribution < -0.4 is 21.3 Å². The number of pyridine rings is 2. The van der Waals surface area contributed by atoms with Crippen LogP contribution in [-0.4, -0.2) is 50.6 Å². The summed E-state index contributed by atoms with van der Waals surface area (Å²) in [6.45, 7) is 1.85. The third-order valence-corrected chi connectivity index (χ3v) is 12.7. The van der Waals surface area contributed by atoms with Crippen LogP contribution in [0.3, 0.4) is 0 Å². The van der Waals surface area contributed by atoms with Crippen LogP contribution in [0.2, 0.25) is 10.0 Å². The van der Waals surface area contributed by atoms with E-state index >= 15 is 0 Å². The average Bonchev–Trinajstić information content (AvgIpc) is 4.12. The number of amides is 2. The molecule has 4 aromatic heterocycles. The zero-order valence-electron chi connectivity index (χ0n) is 33.3. The number of aromatic nitrogens is 4. The second kappa shape index (κ2) is 16.7. The second-order valence-electron chi connectivity index (χ2n) is 15.7. The van der Waals surface area contributed by atoms with Gasteiger partial charge in [-0.05, 0) is 131 Å². The molecule has 0 radical (unpaired) electrons. The molecule has 8 aromatic rings. The Morgan fingerprint density at radius 1 is 0.565 bits per heavy atom. The number of H-pyrrole nitrogens is 2. The Bertz CT molecular complexity index is 2840. The Kier molecular flexibility index (Phi) is 10.6. The number of hydrogen-bond acceptors (Lipinski definition) is 7. The van der Waals surface area contributed by atoms with Crippen LogP contribution in [0.5, 0.6) is 0 Å². The van der Waals surface area contributed by atoms with Crippen molar-refractivity contribution in [2.45, 2.75) is 38.0 Å². The topological polar surface area (TPSA) is 157 Å². The molecule has 0 aliphatic carbocycles. The van der Waals surface area contributed by atoms with Gasteiger partial charge in [-0.15, -0.1) is 0 Å². The van der Waals surface area contributed by atoms with Crippen molar-refractivity contribution in [2.75, 3.05) is 13.1 Å². The largest absolute Gasteiger partial charge is 0.355 e. The number of hydrogen-bond donors (Lipinski definition) is 6. The lowest BCUT2D eigenvalue weighted by Gasteiger charge is -2.21. The van der Waals surface area contributed by atoms with Crippen LogP contribution in [-0.2, 0) is 30.7 Å². The summed E-state index contributed by atoms with van der Waals surface area (Å²) in [6.07, 6.45) is 8.39. The first kappa shape index (κ1) is 39.5. The van der Waals surface area contributed by atoms with Gasteiger partial charge in [0, 0.05) is 116 Å². The minimum atomic E-state index is -0.676. The van der Waals surface area contributed by atoms with Crippen molar-refractivity contribution >= 4 is 62.6 Å². The maximum atomic E-state index is 15.0. The first-order valence-corrected chi connectivity index (χ1v) is 21.3. The number of benzene rings is 4. The highest BCUT2D eigenvalue weighted by Gasteiger charge is 2.41. The summed E-state index contributed by atoms with van der Waals surface area (Å²) in [4.78, 5) is 56.4. The Balaban J connectivity index is 0.909. The molecular weight excluding hydrogens is 819 g/mol. The highest BCUT2D eigenvalue weighted by Crippen LogP contribution is 2.45. The fraction of sp³-hybridized carbons (Fsp3) is 0.163. The van der Waals surface area contributed by atoms with E-state index in [1.54, 1.807) is 24.8 Å². The molecule has 0 saturated heterocycles. The Morgan fingerprint density at radius 3 is 1.44 bits per heavy atom. The Hall–Kier alpha value is -6.63. The lowest BCUT2D eigenvalue weighted by Crippen LogP contribution is -2.32. The highest BCUT2D eigenvalue weighted by atomic mass is 35.5. The van der Waals surface area contributed by atoms with Crippen molar-refractivity contribution in [3.8, 4) is 22.5 Å². The predicted octanol–water partition coefficient (Wildman–Crippen LogP) is 8.58. The molecule has 0 saturated carbocycles. The van der Waals surface area contributed by atoms with Gasteiger partial charge in [0.2, 0.25) is 0 Å². The summed E-state index contributed by atoms with van der Waals surface area (Å²) >= 11 is 13.7. The van der Waals surface area contributed by atoms with Crippen molar-refractivity contribution in [3.05, 3.63) is 176 Å². The standard InChI is InChI=1S/C49H40Cl2N8O3/c50-37-5-3-33(41-23-31-21-29(1-7-39(31)58-41)48(61)54-19-13-27-9-15-52-16-10-27)43-35(37)25-56-45(43)47(60)46-44-34(4-6-38(51)36(44)26-57-46)42-24-32-22-30(2-8-40(32)59-42)49(62)55-20-14-28-11-17-53-18-12-28/h1-12,15-18,21-24,45-46,56-59H,13-14,19-20,25-26H2,(H,54,61)(H,55,62). The van der Waals surface area contributed by atoms with Crippen LogP contribution >= 0.6 is 23.2 Å². The van der Waals surface area contributed by atoms with E-state index in [1.807, 2.05) is 97.1 Å². The van der Waals surface area contributed by atoms with E-state index in [1.165, 1.54) is 0 Å². The molecule has 0 fully saturated rings. The number of aromatic amines is 2. The van der Waals surface area contributed by atoms with Crippen molar-refractivity contribution in [3.63, 3.8) is 0 Å². The summed E-state index contributed by atoms with van der Waals surface area (Å²) in [5.41, 5.74) is 11.8. The van der Waals surface area contributed by atoms with E-state index in [4.69, 9.17) is 23.2 Å². The molecule has 13 heteroatoms. The van der Waals surface area contributed by atoms with Crippen LogP contribution in [0.25, 0.3) is 44.3 Å². The van der Waals surface area contributed by atoms with Crippen molar-refractivity contribution in [1.82, 2.24) is 41.2 Å². The Morgan fingerprint density at radius 2 is 1.00 bits per heavy atom. The number of nitrogens with one attached hydrogen (secondary N) is 6. The third kappa shape index (κ3) is 7.54. The molecule has 4 aromatic carbocycles. The average molecular weight is 860 g/mol. The summed E-state index contributed by atoms with van der Waals surface area (Å²) in [5.74, 6) is -0.357. The van der Waals surface area contributed by atoms with E-state index in [-0.39, 0.29) is 17.6 Å². The molecule has 11 nitrogen and oxygen atoms in total. The minimum Gasteiger partial charge on any atom is -0.355 e. The van der Waals surface area contributed by atoms with Crippen molar-refractivity contribution < 1.29 is 14.4 Å². The number of fused-ring (bicyclic) bond motifs is 4. The second-order valence-corrected chi connectivity index (χ2v) is 16.5. The number of carbonyl (C=O) groups is 3. The van der Waals surface area contributed by atoms with Crippen molar-refractivity contribution in [1.29, 1.82) is 0 Å². The quantitative estimate of drug-likeness (QED) is 0.0719. The molecule has 2 amide bonds. The molecule has 2 aliphatic heterocycles. The number of halogens is 2. The summed E-state index contributed by atoms with van der Waals surface area (Å²) < 4.78 is 0. The molecule has 2 unspecified atom stereocenters. The predicted molar refractivity (Wildman–Crippen MR) is 242 cm³/mol. The van der Waals surface area contributed by atoms with Gasteiger partial charge in [0.25, 0.3) is 11.8 Å². The molecule has 0 bridgehead atoms. The fourth-order valence-corrected chi connectivity index (χ4v) is 9.27. The summed E-state index contributed by atoms with van der Waals surface area (Å²) in [7, 11) is 0. The Labute approximate surface area is 366 Å². The van der Waals surface area contributed by atoms with Gasteiger partial charge < -0.3 is 20.6 Å². The van der Waals surface area contributed by atoms with Gasteiger partial charge in [0.05, 0.1) is 12.1 Å². The molecule has 6 heterocycles. The number of Topliss-reactive ketones (excluding diaryl/α,β-unsaturated/α-hetero) is 1. The molecule has 10 rings (SSSR count). The summed E-state index contributed by atoms with van der Waals surface area (Å²) in [6, 6.07) is 29.3. The van der Waals surface area contributed by atoms with Gasteiger partial charge in [-0.1, -0.05) is 35.3 Å². The van der Waals surface area contributed by atoms with Gasteiger partial charge in [0.1, 0.15) is 0 Å². The molecular formula is C49H40Cl2N8O3. The third-order valence-electron chi connectivity index (χ3n) is 12.0. The van der Waals surface area contributed by atoms with Crippen LogP contribution in [0.15, 0.2) is 122 Å². The highest BCUT2D eigenvalue weighted by molar-refractivity contribution is 6.32. The molecule has 2 atom stereocenters. The van der Waals surface area contributed by atoms with Gasteiger partial charge in [-0.3, -0.25) is 35.0 Å². The zero-order chi connectivity index (χ0) is 42.3. The fourth-order valence-electron chi connectivity index (χ4n) is 8.81. The van der Waals surface area contributed by atoms with Gasteiger partial charge >= 0.3 is 0 Å². The van der Waals surface area contributed by atoms with E-state index in [2.05, 4.69) is 41.2 Å². The van der Waals surface area contributed by atoms with Gasteiger partial charge in [0.15, 0.2) is 5.78 Å². The minimum absolute atomic E-state index is 0.0572. The first-order chi connectivity index (χ1) is 30.3. The SMILES string of the molecule is O=C(NCCc1ccncc1)c1ccc2[nH]c(-c3ccc(Cl)c4c3C(C(=O)C3NCc5c(Cl)ccc(-c6cc7cc(C(=O)NCCc8ccncc8)ccc7[nH]6)c53)NC4)cc2c1. The molecule has 0 spiro atoms. The number of rotatable bonds is 12. The smallest absolute Gasteiger partial charge is 0.251 e. The van der Waals surface area contributed by atoms with Crippen LogP contribution in [0, 0.1) is 0 Å². The molecule has 2 aliphatic rings. The summed E-state index contributed by atoms with van der Waals surface area (Å²) in [5, 5.41) is 15.9. The van der Waals surface area contributed by atoms with E-state index in [0.717, 1.165) is 77.7 Å². The zero-order valence-corrected chi connectivity index (χ0v) is 34.8.